The zero-order chi connectivity index (χ0) is 22.9. The Morgan fingerprint density at radius 2 is 1.77 bits per heavy atom. The van der Waals surface area contributed by atoms with E-state index in [1.54, 1.807) is 13.0 Å². The summed E-state index contributed by atoms with van der Waals surface area (Å²) in [5.41, 5.74) is 1.93. The molecule has 0 unspecified atom stereocenters. The van der Waals surface area contributed by atoms with E-state index in [1.807, 2.05) is 6.92 Å². The van der Waals surface area contributed by atoms with Gasteiger partial charge in [-0.15, -0.1) is 0 Å². The molecule has 0 aromatic heterocycles. The van der Waals surface area contributed by atoms with Crippen LogP contribution in [0.3, 0.4) is 0 Å². The molecule has 0 bridgehead atoms. The number of carbonyl (C=O) groups is 2. The Kier molecular flexibility index (Phi) is 6.47. The lowest BCUT2D eigenvalue weighted by Gasteiger charge is -2.24. The number of hydrogen-bond donors (Lipinski definition) is 1. The lowest BCUT2D eigenvalue weighted by molar-refractivity contribution is -0.128. The van der Waals surface area contributed by atoms with Crippen LogP contribution in [0, 0.1) is 13.8 Å². The van der Waals surface area contributed by atoms with Gasteiger partial charge in [0.25, 0.3) is 10.0 Å². The van der Waals surface area contributed by atoms with Gasteiger partial charge in [-0.05, 0) is 49.6 Å². The molecule has 0 spiro atoms. The van der Waals surface area contributed by atoms with Gasteiger partial charge in [-0.1, -0.05) is 17.7 Å². The lowest BCUT2D eigenvalue weighted by atomic mass is 10.1. The molecule has 1 atom stereocenters. The van der Waals surface area contributed by atoms with Gasteiger partial charge in [-0.25, -0.2) is 12.7 Å². The van der Waals surface area contributed by atoms with Crippen molar-refractivity contribution in [2.75, 3.05) is 19.5 Å². The Morgan fingerprint density at radius 1 is 1.10 bits per heavy atom. The van der Waals surface area contributed by atoms with Gasteiger partial charge in [0.05, 0.1) is 29.8 Å². The molecule has 1 fully saturated rings. The van der Waals surface area contributed by atoms with Crippen LogP contribution >= 0.6 is 11.6 Å². The van der Waals surface area contributed by atoms with Crippen LogP contribution in [-0.2, 0) is 19.6 Å². The third-order valence-electron chi connectivity index (χ3n) is 5.23. The van der Waals surface area contributed by atoms with E-state index in [-0.39, 0.29) is 34.2 Å². The first kappa shape index (κ1) is 22.9. The Bertz CT molecular complexity index is 1150. The van der Waals surface area contributed by atoms with E-state index in [0.29, 0.717) is 10.1 Å². The fraction of sp³-hybridized carbons (Fsp3) is 0.333. The maximum atomic E-state index is 13.2. The van der Waals surface area contributed by atoms with Crippen molar-refractivity contribution in [3.05, 3.63) is 46.5 Å². The first-order valence-corrected chi connectivity index (χ1v) is 11.3. The maximum Gasteiger partial charge on any atom is 0.267 e. The fourth-order valence-corrected chi connectivity index (χ4v) is 5.29. The van der Waals surface area contributed by atoms with Gasteiger partial charge >= 0.3 is 0 Å². The highest BCUT2D eigenvalue weighted by Crippen LogP contribution is 2.37. The molecule has 1 aliphatic heterocycles. The monoisotopic (exact) mass is 466 g/mol. The molecular formula is C21H23ClN2O6S. The zero-order valence-corrected chi connectivity index (χ0v) is 19.1. The van der Waals surface area contributed by atoms with E-state index < -0.39 is 27.9 Å². The number of rotatable bonds is 6. The van der Waals surface area contributed by atoms with Crippen LogP contribution in [0.25, 0.3) is 0 Å². The van der Waals surface area contributed by atoms with Crippen LogP contribution in [0.4, 0.5) is 5.69 Å². The summed E-state index contributed by atoms with van der Waals surface area (Å²) in [6.07, 6.45) is 0.0175. The van der Waals surface area contributed by atoms with E-state index in [0.717, 1.165) is 11.1 Å². The van der Waals surface area contributed by atoms with E-state index in [1.165, 1.54) is 38.5 Å². The van der Waals surface area contributed by atoms with Crippen molar-refractivity contribution in [3.63, 3.8) is 0 Å². The van der Waals surface area contributed by atoms with Gasteiger partial charge in [-0.3, -0.25) is 9.59 Å². The molecule has 31 heavy (non-hydrogen) atoms. The van der Waals surface area contributed by atoms with Crippen molar-refractivity contribution in [1.82, 2.24) is 4.31 Å². The van der Waals surface area contributed by atoms with Crippen molar-refractivity contribution in [1.29, 1.82) is 0 Å². The minimum absolute atomic E-state index is 0.0336. The molecule has 10 heteroatoms. The van der Waals surface area contributed by atoms with Crippen LogP contribution in [0.15, 0.2) is 35.2 Å². The number of amides is 2. The van der Waals surface area contributed by atoms with Crippen molar-refractivity contribution in [2.45, 2.75) is 37.6 Å². The molecule has 1 heterocycles. The molecule has 2 aromatic rings. The van der Waals surface area contributed by atoms with Gasteiger partial charge in [-0.2, -0.15) is 0 Å². The number of hydrogen-bond acceptors (Lipinski definition) is 6. The number of nitrogens with zero attached hydrogens (tertiary/aromatic N) is 1. The summed E-state index contributed by atoms with van der Waals surface area (Å²) in [5, 5.41) is 2.86. The Balaban J connectivity index is 1.93. The topological polar surface area (TPSA) is 102 Å². The van der Waals surface area contributed by atoms with Crippen LogP contribution in [0.2, 0.25) is 5.02 Å². The number of ether oxygens (including phenoxy) is 2. The van der Waals surface area contributed by atoms with Gasteiger partial charge in [0.1, 0.15) is 17.5 Å². The fourth-order valence-electron chi connectivity index (χ4n) is 3.36. The average Bonchev–Trinajstić information content (AvgIpc) is 3.12. The molecule has 3 rings (SSSR count). The minimum Gasteiger partial charge on any atom is -0.495 e. The largest absolute Gasteiger partial charge is 0.495 e. The third kappa shape index (κ3) is 4.33. The molecule has 1 aliphatic rings. The summed E-state index contributed by atoms with van der Waals surface area (Å²) in [5.74, 6) is -0.648. The molecule has 166 valence electrons. The van der Waals surface area contributed by atoms with Crippen molar-refractivity contribution >= 4 is 39.1 Å². The van der Waals surface area contributed by atoms with Crippen LogP contribution in [-0.4, -0.2) is 44.8 Å². The number of carbonyl (C=O) groups excluding carboxylic acids is 2. The highest BCUT2D eigenvalue weighted by atomic mass is 35.5. The van der Waals surface area contributed by atoms with E-state index >= 15 is 0 Å². The number of halogens is 1. The molecule has 1 saturated heterocycles. The summed E-state index contributed by atoms with van der Waals surface area (Å²) in [6.45, 7) is 3.64. The van der Waals surface area contributed by atoms with Gasteiger partial charge < -0.3 is 14.8 Å². The van der Waals surface area contributed by atoms with Gasteiger partial charge in [0.15, 0.2) is 0 Å². The third-order valence-corrected chi connectivity index (χ3v) is 7.35. The van der Waals surface area contributed by atoms with Crippen LogP contribution < -0.4 is 14.8 Å². The standard InChI is InChI=1S/C21H23ClN2O6S/c1-12-5-6-14(9-13(12)2)31(27,28)24-17(7-8-20(24)25)21(26)23-16-10-15(22)18(29-3)11-19(16)30-4/h5-6,9-11,17H,7-8H2,1-4H3,(H,23,26)/t17-/m0/s1. The quantitative estimate of drug-likeness (QED) is 0.700. The molecule has 2 aromatic carbocycles. The average molecular weight is 467 g/mol. The first-order valence-electron chi connectivity index (χ1n) is 9.47. The maximum absolute atomic E-state index is 13.2. The molecule has 0 radical (unpaired) electrons. The number of nitrogens with one attached hydrogen (secondary N) is 1. The highest BCUT2D eigenvalue weighted by Gasteiger charge is 2.44. The lowest BCUT2D eigenvalue weighted by Crippen LogP contribution is -2.45. The minimum atomic E-state index is -4.20. The summed E-state index contributed by atoms with van der Waals surface area (Å²) in [4.78, 5) is 25.4. The van der Waals surface area contributed by atoms with Crippen LogP contribution in [0.1, 0.15) is 24.0 Å². The molecule has 1 N–H and O–H groups in total. The van der Waals surface area contributed by atoms with Crippen LogP contribution in [0.5, 0.6) is 11.5 Å². The summed E-state index contributed by atoms with van der Waals surface area (Å²) < 4.78 is 37.5. The Morgan fingerprint density at radius 3 is 2.39 bits per heavy atom. The Labute approximate surface area is 186 Å². The second kappa shape index (κ2) is 8.76. The summed E-state index contributed by atoms with van der Waals surface area (Å²) >= 11 is 6.14. The number of aryl methyl sites for hydroxylation is 2. The van der Waals surface area contributed by atoms with Gasteiger partial charge in [0, 0.05) is 12.5 Å². The summed E-state index contributed by atoms with van der Waals surface area (Å²) in [7, 11) is -1.35. The number of sulfonamides is 1. The zero-order valence-electron chi connectivity index (χ0n) is 17.6. The van der Waals surface area contributed by atoms with E-state index in [9.17, 15) is 18.0 Å². The SMILES string of the molecule is COc1cc(OC)c(NC(=O)[C@@H]2CCC(=O)N2S(=O)(=O)c2ccc(C)c(C)c2)cc1Cl. The highest BCUT2D eigenvalue weighted by molar-refractivity contribution is 7.89. The van der Waals surface area contributed by atoms with Crippen molar-refractivity contribution in [3.8, 4) is 11.5 Å². The number of anilines is 1. The molecule has 2 amide bonds. The predicted molar refractivity (Wildman–Crippen MR) is 116 cm³/mol. The molecule has 0 aliphatic carbocycles. The first-order chi connectivity index (χ1) is 14.6. The van der Waals surface area contributed by atoms with Crippen molar-refractivity contribution in [2.24, 2.45) is 0 Å². The Hall–Kier alpha value is -2.78. The number of methoxy groups -OCH3 is 2. The summed E-state index contributed by atoms with van der Waals surface area (Å²) in [6, 6.07) is 6.35. The second-order valence-corrected chi connectivity index (χ2v) is 9.39. The molecular weight excluding hydrogens is 444 g/mol. The second-order valence-electron chi connectivity index (χ2n) is 7.17. The molecule has 8 nitrogen and oxygen atoms in total. The smallest absolute Gasteiger partial charge is 0.267 e. The van der Waals surface area contributed by atoms with Gasteiger partial charge in [0.2, 0.25) is 11.8 Å². The van der Waals surface area contributed by atoms with E-state index in [2.05, 4.69) is 5.32 Å². The predicted octanol–water partition coefficient (Wildman–Crippen LogP) is 3.29. The van der Waals surface area contributed by atoms with Crippen molar-refractivity contribution < 1.29 is 27.5 Å². The molecule has 0 saturated carbocycles. The number of benzene rings is 2. The van der Waals surface area contributed by atoms with E-state index in [4.69, 9.17) is 21.1 Å². The normalized spacial score (nSPS) is 16.4.